The summed E-state index contributed by atoms with van der Waals surface area (Å²) >= 11 is 1.20. The van der Waals surface area contributed by atoms with Gasteiger partial charge in [0.15, 0.2) is 0 Å². The molecule has 4 nitrogen and oxygen atoms in total. The lowest BCUT2D eigenvalue weighted by molar-refractivity contribution is 0.0692. The molecule has 0 aliphatic carbocycles. The predicted octanol–water partition coefficient (Wildman–Crippen LogP) is 2.64. The molecule has 0 aliphatic heterocycles. The Morgan fingerprint density at radius 2 is 1.94 bits per heavy atom. The number of rotatable bonds is 3. The number of aromatic hydroxyl groups is 1. The standard InChI is InChI=1S/C12H9NO3S/c14-9-3-1-2-4-11(9)17-10-5-6-13-7-8(10)12(15)16/h1-7,14H,(H,15,16). The molecular formula is C12H9NO3S. The van der Waals surface area contributed by atoms with Crippen molar-refractivity contribution in [3.63, 3.8) is 0 Å². The van der Waals surface area contributed by atoms with Gasteiger partial charge in [-0.3, -0.25) is 4.98 Å². The Morgan fingerprint density at radius 1 is 1.18 bits per heavy atom. The number of phenols is 1. The maximum Gasteiger partial charge on any atom is 0.338 e. The number of nitrogens with zero attached hydrogens (tertiary/aromatic N) is 1. The molecular weight excluding hydrogens is 238 g/mol. The lowest BCUT2D eigenvalue weighted by Gasteiger charge is -2.06. The van der Waals surface area contributed by atoms with Crippen LogP contribution in [0.25, 0.3) is 0 Å². The molecule has 0 radical (unpaired) electrons. The number of para-hydroxylation sites is 1. The van der Waals surface area contributed by atoms with Crippen molar-refractivity contribution in [1.29, 1.82) is 0 Å². The van der Waals surface area contributed by atoms with Crippen LogP contribution in [-0.2, 0) is 0 Å². The van der Waals surface area contributed by atoms with Gasteiger partial charge in [-0.15, -0.1) is 0 Å². The van der Waals surface area contributed by atoms with E-state index in [1.54, 1.807) is 30.3 Å². The molecule has 0 atom stereocenters. The number of carbonyl (C=O) groups is 1. The summed E-state index contributed by atoms with van der Waals surface area (Å²) in [7, 11) is 0. The van der Waals surface area contributed by atoms with Crippen molar-refractivity contribution in [1.82, 2.24) is 4.98 Å². The predicted molar refractivity (Wildman–Crippen MR) is 63.4 cm³/mol. The van der Waals surface area contributed by atoms with E-state index in [4.69, 9.17) is 5.11 Å². The van der Waals surface area contributed by atoms with Crippen LogP contribution >= 0.6 is 11.8 Å². The van der Waals surface area contributed by atoms with E-state index in [2.05, 4.69) is 4.98 Å². The fourth-order valence-corrected chi connectivity index (χ4v) is 2.23. The van der Waals surface area contributed by atoms with Crippen LogP contribution in [0.15, 0.2) is 52.5 Å². The molecule has 1 heterocycles. The Labute approximate surface area is 102 Å². The van der Waals surface area contributed by atoms with Gasteiger partial charge in [0.1, 0.15) is 5.75 Å². The molecule has 0 saturated heterocycles. The van der Waals surface area contributed by atoms with Gasteiger partial charge in [0, 0.05) is 17.3 Å². The Bertz CT molecular complexity index is 557. The molecule has 0 aliphatic rings. The quantitative estimate of drug-likeness (QED) is 0.872. The molecule has 0 spiro atoms. The van der Waals surface area contributed by atoms with Crippen molar-refractivity contribution in [2.75, 3.05) is 0 Å². The van der Waals surface area contributed by atoms with Gasteiger partial charge in [-0.2, -0.15) is 0 Å². The molecule has 2 rings (SSSR count). The van der Waals surface area contributed by atoms with Gasteiger partial charge in [0.2, 0.25) is 0 Å². The second-order valence-corrected chi connectivity index (χ2v) is 4.33. The highest BCUT2D eigenvalue weighted by molar-refractivity contribution is 7.99. The fourth-order valence-electron chi connectivity index (χ4n) is 1.29. The Morgan fingerprint density at radius 3 is 2.65 bits per heavy atom. The first-order chi connectivity index (χ1) is 8.18. The Balaban J connectivity index is 2.37. The van der Waals surface area contributed by atoms with E-state index in [0.717, 1.165) is 0 Å². The first-order valence-electron chi connectivity index (χ1n) is 4.81. The van der Waals surface area contributed by atoms with Crippen LogP contribution in [0.2, 0.25) is 0 Å². The lowest BCUT2D eigenvalue weighted by atomic mass is 10.3. The number of benzene rings is 1. The molecule has 0 saturated carbocycles. The van der Waals surface area contributed by atoms with Gasteiger partial charge in [-0.25, -0.2) is 4.79 Å². The zero-order valence-corrected chi connectivity index (χ0v) is 9.52. The molecule has 0 bridgehead atoms. The second-order valence-electron chi connectivity index (χ2n) is 3.25. The monoisotopic (exact) mass is 247 g/mol. The number of aromatic nitrogens is 1. The number of carboxylic acids is 1. The van der Waals surface area contributed by atoms with E-state index in [1.807, 2.05) is 0 Å². The van der Waals surface area contributed by atoms with Crippen molar-refractivity contribution < 1.29 is 15.0 Å². The van der Waals surface area contributed by atoms with Crippen molar-refractivity contribution in [2.24, 2.45) is 0 Å². The summed E-state index contributed by atoms with van der Waals surface area (Å²) in [6.07, 6.45) is 2.82. The number of phenolic OH excluding ortho intramolecular Hbond substituents is 1. The van der Waals surface area contributed by atoms with Crippen LogP contribution in [0, 0.1) is 0 Å². The number of carboxylic acid groups (broad SMARTS) is 1. The number of aromatic carboxylic acids is 1. The van der Waals surface area contributed by atoms with Crippen LogP contribution in [0.1, 0.15) is 10.4 Å². The van der Waals surface area contributed by atoms with Gasteiger partial charge in [-0.1, -0.05) is 23.9 Å². The fraction of sp³-hybridized carbons (Fsp3) is 0. The van der Waals surface area contributed by atoms with Crippen LogP contribution in [0.4, 0.5) is 0 Å². The molecule has 0 fully saturated rings. The minimum Gasteiger partial charge on any atom is -0.507 e. The molecule has 1 aromatic heterocycles. The Hall–Kier alpha value is -2.01. The molecule has 5 heteroatoms. The van der Waals surface area contributed by atoms with E-state index in [1.165, 1.54) is 24.2 Å². The molecule has 2 aromatic rings. The first kappa shape index (κ1) is 11.5. The third kappa shape index (κ3) is 2.57. The molecule has 1 aromatic carbocycles. The van der Waals surface area contributed by atoms with E-state index in [0.29, 0.717) is 9.79 Å². The molecule has 17 heavy (non-hydrogen) atoms. The Kier molecular flexibility index (Phi) is 3.30. The average Bonchev–Trinajstić information content (AvgIpc) is 2.32. The largest absolute Gasteiger partial charge is 0.507 e. The summed E-state index contributed by atoms with van der Waals surface area (Å²) in [5.41, 5.74) is 0.126. The van der Waals surface area contributed by atoms with Crippen LogP contribution < -0.4 is 0 Å². The molecule has 0 amide bonds. The highest BCUT2D eigenvalue weighted by Crippen LogP contribution is 2.35. The van der Waals surface area contributed by atoms with Crippen molar-refractivity contribution in [3.05, 3.63) is 48.3 Å². The van der Waals surface area contributed by atoms with Crippen LogP contribution in [0.5, 0.6) is 5.75 Å². The summed E-state index contributed by atoms with van der Waals surface area (Å²) < 4.78 is 0. The lowest BCUT2D eigenvalue weighted by Crippen LogP contribution is -1.99. The van der Waals surface area contributed by atoms with Gasteiger partial charge in [-0.05, 0) is 18.2 Å². The first-order valence-corrected chi connectivity index (χ1v) is 5.63. The summed E-state index contributed by atoms with van der Waals surface area (Å²) in [5, 5.41) is 18.6. The summed E-state index contributed by atoms with van der Waals surface area (Å²) in [6.45, 7) is 0. The number of hydrogen-bond acceptors (Lipinski definition) is 4. The highest BCUT2D eigenvalue weighted by atomic mass is 32.2. The normalized spacial score (nSPS) is 10.1. The van der Waals surface area contributed by atoms with Crippen LogP contribution in [0.3, 0.4) is 0 Å². The summed E-state index contributed by atoms with van der Waals surface area (Å²) in [4.78, 5) is 15.9. The smallest absolute Gasteiger partial charge is 0.338 e. The van der Waals surface area contributed by atoms with Crippen LogP contribution in [-0.4, -0.2) is 21.2 Å². The maximum atomic E-state index is 11.0. The van der Waals surface area contributed by atoms with Gasteiger partial charge in [0.05, 0.1) is 10.5 Å². The van der Waals surface area contributed by atoms with E-state index in [-0.39, 0.29) is 11.3 Å². The van der Waals surface area contributed by atoms with Crippen molar-refractivity contribution in [3.8, 4) is 5.75 Å². The van der Waals surface area contributed by atoms with Crippen molar-refractivity contribution >= 4 is 17.7 Å². The minimum absolute atomic E-state index is 0.126. The molecule has 2 N–H and O–H groups in total. The summed E-state index contributed by atoms with van der Waals surface area (Å²) in [5.74, 6) is -0.901. The van der Waals surface area contributed by atoms with Gasteiger partial charge in [0.25, 0.3) is 0 Å². The molecule has 86 valence electrons. The number of pyridine rings is 1. The minimum atomic E-state index is -1.03. The van der Waals surface area contributed by atoms with Crippen molar-refractivity contribution in [2.45, 2.75) is 9.79 Å². The maximum absolute atomic E-state index is 11.0. The number of hydrogen-bond donors (Lipinski definition) is 2. The van der Waals surface area contributed by atoms with E-state index >= 15 is 0 Å². The SMILES string of the molecule is O=C(O)c1cnccc1Sc1ccccc1O. The molecule has 0 unspecified atom stereocenters. The third-order valence-electron chi connectivity index (χ3n) is 2.10. The van der Waals surface area contributed by atoms with Gasteiger partial charge < -0.3 is 10.2 Å². The topological polar surface area (TPSA) is 70.4 Å². The zero-order valence-electron chi connectivity index (χ0n) is 8.70. The highest BCUT2D eigenvalue weighted by Gasteiger charge is 2.12. The van der Waals surface area contributed by atoms with E-state index < -0.39 is 5.97 Å². The van der Waals surface area contributed by atoms with E-state index in [9.17, 15) is 9.90 Å². The summed E-state index contributed by atoms with van der Waals surface area (Å²) in [6, 6.07) is 8.39. The van der Waals surface area contributed by atoms with Gasteiger partial charge >= 0.3 is 5.97 Å². The second kappa shape index (κ2) is 4.88. The average molecular weight is 247 g/mol. The zero-order chi connectivity index (χ0) is 12.3. The third-order valence-corrected chi connectivity index (χ3v) is 3.24.